The first kappa shape index (κ1) is 13.3. The summed E-state index contributed by atoms with van der Waals surface area (Å²) in [7, 11) is 1.87. The van der Waals surface area contributed by atoms with Gasteiger partial charge in [0, 0.05) is 23.9 Å². The maximum absolute atomic E-state index is 13.0. The van der Waals surface area contributed by atoms with Crippen molar-refractivity contribution in [3.63, 3.8) is 0 Å². The lowest BCUT2D eigenvalue weighted by atomic mass is 10.1. The molecule has 0 bridgehead atoms. The molecule has 0 aliphatic rings. The molecule has 3 aromatic rings. The molecule has 0 spiro atoms. The number of aromatic amines is 1. The Morgan fingerprint density at radius 3 is 2.57 bits per heavy atom. The van der Waals surface area contributed by atoms with Crippen molar-refractivity contribution in [1.29, 1.82) is 0 Å². The third-order valence-corrected chi connectivity index (χ3v) is 3.37. The van der Waals surface area contributed by atoms with Crippen molar-refractivity contribution in [3.8, 4) is 22.8 Å². The minimum Gasteiger partial charge on any atom is -0.388 e. The molecule has 0 unspecified atom stereocenters. The number of H-pyrrole nitrogens is 1. The van der Waals surface area contributed by atoms with Gasteiger partial charge in [-0.1, -0.05) is 6.07 Å². The molecular weight excluding hydrogens is 267 g/mol. The van der Waals surface area contributed by atoms with Crippen LogP contribution in [-0.4, -0.2) is 22.2 Å². The zero-order valence-electron chi connectivity index (χ0n) is 11.8. The number of benzene rings is 2. The normalized spacial score (nSPS) is 10.6. The standard InChI is InChI=1S/C16H15FN4/c1-10-3-8-13(18-2)9-14(10)16-19-15(20-21-16)11-4-6-12(17)7-5-11/h3-9,18H,1-2H3,(H,19,20,21). The highest BCUT2D eigenvalue weighted by molar-refractivity contribution is 5.68. The van der Waals surface area contributed by atoms with Crippen LogP contribution in [0.15, 0.2) is 42.5 Å². The van der Waals surface area contributed by atoms with Crippen LogP contribution in [0.5, 0.6) is 0 Å². The van der Waals surface area contributed by atoms with E-state index in [4.69, 9.17) is 0 Å². The van der Waals surface area contributed by atoms with E-state index < -0.39 is 0 Å². The predicted molar refractivity (Wildman–Crippen MR) is 81.5 cm³/mol. The van der Waals surface area contributed by atoms with Crippen LogP contribution in [-0.2, 0) is 0 Å². The summed E-state index contributed by atoms with van der Waals surface area (Å²) < 4.78 is 13.0. The first-order chi connectivity index (χ1) is 10.2. The van der Waals surface area contributed by atoms with Crippen LogP contribution in [0.1, 0.15) is 5.56 Å². The Hall–Kier alpha value is -2.69. The monoisotopic (exact) mass is 282 g/mol. The molecule has 1 aromatic heterocycles. The van der Waals surface area contributed by atoms with Gasteiger partial charge >= 0.3 is 0 Å². The lowest BCUT2D eigenvalue weighted by Crippen LogP contribution is -1.91. The van der Waals surface area contributed by atoms with Gasteiger partial charge in [0.2, 0.25) is 0 Å². The van der Waals surface area contributed by atoms with Crippen LogP contribution in [0.4, 0.5) is 10.1 Å². The van der Waals surface area contributed by atoms with Crippen molar-refractivity contribution in [2.45, 2.75) is 6.92 Å². The SMILES string of the molecule is CNc1ccc(C)c(-c2nc(-c3ccc(F)cc3)n[nH]2)c1. The van der Waals surface area contributed by atoms with Crippen molar-refractivity contribution < 1.29 is 4.39 Å². The van der Waals surface area contributed by atoms with Gasteiger partial charge in [-0.3, -0.25) is 5.10 Å². The van der Waals surface area contributed by atoms with E-state index in [0.29, 0.717) is 11.6 Å². The molecule has 5 heteroatoms. The van der Waals surface area contributed by atoms with Gasteiger partial charge in [-0.05, 0) is 48.9 Å². The molecule has 3 rings (SSSR count). The zero-order chi connectivity index (χ0) is 14.8. The number of nitrogens with zero attached hydrogens (tertiary/aromatic N) is 2. The van der Waals surface area contributed by atoms with Crippen molar-refractivity contribution >= 4 is 5.69 Å². The molecule has 4 nitrogen and oxygen atoms in total. The second-order valence-electron chi connectivity index (χ2n) is 4.79. The molecule has 0 aliphatic carbocycles. The lowest BCUT2D eigenvalue weighted by molar-refractivity contribution is 0.628. The Balaban J connectivity index is 2.00. The van der Waals surface area contributed by atoms with Gasteiger partial charge in [-0.25, -0.2) is 9.37 Å². The average Bonchev–Trinajstić information content (AvgIpc) is 2.98. The number of hydrogen-bond donors (Lipinski definition) is 2. The van der Waals surface area contributed by atoms with Crippen LogP contribution >= 0.6 is 0 Å². The van der Waals surface area contributed by atoms with E-state index in [1.165, 1.54) is 12.1 Å². The van der Waals surface area contributed by atoms with E-state index in [1.807, 2.05) is 32.2 Å². The number of rotatable bonds is 3. The van der Waals surface area contributed by atoms with Gasteiger partial charge in [-0.2, -0.15) is 5.10 Å². The van der Waals surface area contributed by atoms with Crippen LogP contribution in [0.3, 0.4) is 0 Å². The largest absolute Gasteiger partial charge is 0.388 e. The summed E-state index contributed by atoms with van der Waals surface area (Å²) in [5, 5.41) is 10.3. The quantitative estimate of drug-likeness (QED) is 0.771. The molecule has 106 valence electrons. The first-order valence-corrected chi connectivity index (χ1v) is 6.64. The molecule has 0 atom stereocenters. The fourth-order valence-electron chi connectivity index (χ4n) is 2.14. The number of aromatic nitrogens is 3. The third kappa shape index (κ3) is 2.63. The molecule has 0 aliphatic heterocycles. The summed E-state index contributed by atoms with van der Waals surface area (Å²) in [6.45, 7) is 2.02. The Bertz CT molecular complexity index is 762. The number of nitrogens with one attached hydrogen (secondary N) is 2. The molecular formula is C16H15FN4. The number of anilines is 1. The second-order valence-corrected chi connectivity index (χ2v) is 4.79. The summed E-state index contributed by atoms with van der Waals surface area (Å²) >= 11 is 0. The van der Waals surface area contributed by atoms with E-state index in [0.717, 1.165) is 22.4 Å². The van der Waals surface area contributed by atoms with Gasteiger partial charge in [0.15, 0.2) is 11.6 Å². The van der Waals surface area contributed by atoms with Crippen molar-refractivity contribution in [3.05, 3.63) is 53.8 Å². The smallest absolute Gasteiger partial charge is 0.181 e. The van der Waals surface area contributed by atoms with Gasteiger partial charge in [0.05, 0.1) is 0 Å². The molecule has 1 heterocycles. The fraction of sp³-hybridized carbons (Fsp3) is 0.125. The average molecular weight is 282 g/mol. The van der Waals surface area contributed by atoms with Crippen molar-refractivity contribution in [2.75, 3.05) is 12.4 Å². The highest BCUT2D eigenvalue weighted by Crippen LogP contribution is 2.25. The van der Waals surface area contributed by atoms with Crippen LogP contribution in [0.25, 0.3) is 22.8 Å². The molecule has 0 radical (unpaired) electrons. The topological polar surface area (TPSA) is 53.6 Å². The maximum atomic E-state index is 13.0. The van der Waals surface area contributed by atoms with Gasteiger partial charge < -0.3 is 5.32 Å². The van der Waals surface area contributed by atoms with E-state index >= 15 is 0 Å². The molecule has 21 heavy (non-hydrogen) atoms. The molecule has 0 fully saturated rings. The lowest BCUT2D eigenvalue weighted by Gasteiger charge is -2.05. The summed E-state index contributed by atoms with van der Waals surface area (Å²) in [5.74, 6) is 0.982. The summed E-state index contributed by atoms with van der Waals surface area (Å²) in [4.78, 5) is 4.50. The molecule has 0 saturated heterocycles. The summed E-state index contributed by atoms with van der Waals surface area (Å²) in [6.07, 6.45) is 0. The molecule has 0 amide bonds. The maximum Gasteiger partial charge on any atom is 0.181 e. The van der Waals surface area contributed by atoms with E-state index in [2.05, 4.69) is 20.5 Å². The Morgan fingerprint density at radius 2 is 1.86 bits per heavy atom. The highest BCUT2D eigenvalue weighted by Gasteiger charge is 2.10. The third-order valence-electron chi connectivity index (χ3n) is 3.37. The first-order valence-electron chi connectivity index (χ1n) is 6.64. The highest BCUT2D eigenvalue weighted by atomic mass is 19.1. The number of hydrogen-bond acceptors (Lipinski definition) is 3. The van der Waals surface area contributed by atoms with Gasteiger partial charge in [0.1, 0.15) is 5.82 Å². The molecule has 2 aromatic carbocycles. The van der Waals surface area contributed by atoms with Crippen molar-refractivity contribution in [1.82, 2.24) is 15.2 Å². The van der Waals surface area contributed by atoms with Gasteiger partial charge in [0.25, 0.3) is 0 Å². The minimum atomic E-state index is -0.271. The Morgan fingerprint density at radius 1 is 1.10 bits per heavy atom. The van der Waals surface area contributed by atoms with E-state index in [1.54, 1.807) is 12.1 Å². The fourth-order valence-corrected chi connectivity index (χ4v) is 2.14. The number of aryl methyl sites for hydroxylation is 1. The molecule has 2 N–H and O–H groups in total. The zero-order valence-corrected chi connectivity index (χ0v) is 11.8. The predicted octanol–water partition coefficient (Wildman–Crippen LogP) is 3.63. The summed E-state index contributed by atoms with van der Waals surface area (Å²) in [6, 6.07) is 12.2. The van der Waals surface area contributed by atoms with Crippen LogP contribution in [0.2, 0.25) is 0 Å². The number of halogens is 1. The van der Waals surface area contributed by atoms with E-state index in [9.17, 15) is 4.39 Å². The Labute approximate surface area is 122 Å². The van der Waals surface area contributed by atoms with E-state index in [-0.39, 0.29) is 5.82 Å². The molecule has 0 saturated carbocycles. The van der Waals surface area contributed by atoms with Crippen molar-refractivity contribution in [2.24, 2.45) is 0 Å². The minimum absolute atomic E-state index is 0.271. The van der Waals surface area contributed by atoms with Crippen LogP contribution in [0, 0.1) is 12.7 Å². The second kappa shape index (κ2) is 5.36. The summed E-state index contributed by atoms with van der Waals surface area (Å²) in [5.41, 5.74) is 3.88. The van der Waals surface area contributed by atoms with Crippen LogP contribution < -0.4 is 5.32 Å². The van der Waals surface area contributed by atoms with Gasteiger partial charge in [-0.15, -0.1) is 0 Å². The Kier molecular flexibility index (Phi) is 3.39.